The lowest BCUT2D eigenvalue weighted by Gasteiger charge is -2.29. The molecule has 0 bridgehead atoms. The first-order chi connectivity index (χ1) is 11.1. The Balaban J connectivity index is 2.03. The minimum Gasteiger partial charge on any atom is -0.336 e. The molecule has 3 heteroatoms. The molecule has 0 saturated carbocycles. The first kappa shape index (κ1) is 17.2. The molecule has 3 nitrogen and oxygen atoms in total. The highest BCUT2D eigenvalue weighted by Crippen LogP contribution is 2.15. The first-order valence-electron chi connectivity index (χ1n) is 8.34. The molecule has 0 aliphatic carbocycles. The van der Waals surface area contributed by atoms with Gasteiger partial charge < -0.3 is 4.90 Å². The van der Waals surface area contributed by atoms with Crippen molar-refractivity contribution in [3.63, 3.8) is 0 Å². The van der Waals surface area contributed by atoms with Gasteiger partial charge in [-0.3, -0.25) is 9.78 Å². The number of carbonyl (C=O) groups is 1. The summed E-state index contributed by atoms with van der Waals surface area (Å²) in [4.78, 5) is 18.8. The van der Waals surface area contributed by atoms with E-state index in [1.165, 1.54) is 11.1 Å². The van der Waals surface area contributed by atoms with Crippen LogP contribution in [-0.4, -0.2) is 21.8 Å². The quantitative estimate of drug-likeness (QED) is 0.769. The lowest BCUT2D eigenvalue weighted by atomic mass is 10.0. The summed E-state index contributed by atoms with van der Waals surface area (Å²) in [6, 6.07) is 12.5. The minimum absolute atomic E-state index is 0.222. The van der Waals surface area contributed by atoms with Crippen LogP contribution in [0, 0.1) is 6.92 Å². The summed E-state index contributed by atoms with van der Waals surface area (Å²) in [5.74, 6) is 0.222. The summed E-state index contributed by atoms with van der Waals surface area (Å²) in [5, 5.41) is 0. The number of amides is 1. The molecular formula is C20H26N2O. The molecule has 0 radical (unpaired) electrons. The van der Waals surface area contributed by atoms with E-state index in [4.69, 9.17) is 0 Å². The van der Waals surface area contributed by atoms with Crippen molar-refractivity contribution in [1.29, 1.82) is 0 Å². The van der Waals surface area contributed by atoms with E-state index in [0.717, 1.165) is 18.4 Å². The lowest BCUT2D eigenvalue weighted by molar-refractivity contribution is -0.134. The number of aryl methyl sites for hydroxylation is 2. The summed E-state index contributed by atoms with van der Waals surface area (Å²) in [6.07, 6.45) is 5.88. The van der Waals surface area contributed by atoms with E-state index < -0.39 is 0 Å². The molecule has 1 heterocycles. The van der Waals surface area contributed by atoms with Crippen LogP contribution in [0.3, 0.4) is 0 Å². The van der Waals surface area contributed by atoms with Gasteiger partial charge in [-0.05, 0) is 55.5 Å². The molecule has 122 valence electrons. The molecule has 0 N–H and O–H groups in total. The Morgan fingerprint density at radius 2 is 1.87 bits per heavy atom. The van der Waals surface area contributed by atoms with Crippen molar-refractivity contribution in [3.8, 4) is 0 Å². The smallest absolute Gasteiger partial charge is 0.223 e. The topological polar surface area (TPSA) is 33.2 Å². The van der Waals surface area contributed by atoms with Crippen LogP contribution in [0.25, 0.3) is 0 Å². The average Bonchev–Trinajstić information content (AvgIpc) is 2.59. The Labute approximate surface area is 139 Å². The zero-order valence-electron chi connectivity index (χ0n) is 14.3. The third kappa shape index (κ3) is 4.92. The molecule has 23 heavy (non-hydrogen) atoms. The van der Waals surface area contributed by atoms with E-state index in [1.807, 2.05) is 29.2 Å². The molecule has 0 fully saturated rings. The second kappa shape index (κ2) is 8.47. The van der Waals surface area contributed by atoms with Gasteiger partial charge in [-0.2, -0.15) is 0 Å². The zero-order valence-corrected chi connectivity index (χ0v) is 14.3. The van der Waals surface area contributed by atoms with Crippen molar-refractivity contribution in [2.45, 2.75) is 52.6 Å². The van der Waals surface area contributed by atoms with Crippen molar-refractivity contribution in [2.24, 2.45) is 0 Å². The maximum absolute atomic E-state index is 12.7. The number of nitrogens with zero attached hydrogens (tertiary/aromatic N) is 2. The summed E-state index contributed by atoms with van der Waals surface area (Å²) < 4.78 is 0. The van der Waals surface area contributed by atoms with E-state index in [1.54, 1.807) is 12.4 Å². The van der Waals surface area contributed by atoms with Crippen LogP contribution in [-0.2, 0) is 17.8 Å². The van der Waals surface area contributed by atoms with Gasteiger partial charge >= 0.3 is 0 Å². The van der Waals surface area contributed by atoms with Gasteiger partial charge in [0.2, 0.25) is 5.91 Å². The summed E-state index contributed by atoms with van der Waals surface area (Å²) in [6.45, 7) is 7.00. The first-order valence-corrected chi connectivity index (χ1v) is 8.34. The highest BCUT2D eigenvalue weighted by molar-refractivity contribution is 5.76. The van der Waals surface area contributed by atoms with Crippen molar-refractivity contribution in [3.05, 3.63) is 65.5 Å². The summed E-state index contributed by atoms with van der Waals surface area (Å²) in [7, 11) is 0. The summed E-state index contributed by atoms with van der Waals surface area (Å²) >= 11 is 0. The van der Waals surface area contributed by atoms with Crippen molar-refractivity contribution >= 4 is 5.91 Å². The fourth-order valence-corrected chi connectivity index (χ4v) is 2.67. The number of pyridine rings is 1. The van der Waals surface area contributed by atoms with Crippen LogP contribution < -0.4 is 0 Å². The number of benzene rings is 1. The molecule has 1 atom stereocenters. The predicted molar refractivity (Wildman–Crippen MR) is 94.0 cm³/mol. The van der Waals surface area contributed by atoms with Crippen molar-refractivity contribution in [1.82, 2.24) is 9.88 Å². The molecule has 1 amide bonds. The number of hydrogen-bond donors (Lipinski definition) is 0. The fraction of sp³-hybridized carbons (Fsp3) is 0.400. The minimum atomic E-state index is 0.222. The predicted octanol–water partition coefficient (Wildman–Crippen LogP) is 4.15. The molecule has 0 spiro atoms. The van der Waals surface area contributed by atoms with E-state index in [-0.39, 0.29) is 11.9 Å². The largest absolute Gasteiger partial charge is 0.336 e. The number of hydrogen-bond acceptors (Lipinski definition) is 2. The molecule has 0 aliphatic rings. The number of aromatic nitrogens is 1. The van der Waals surface area contributed by atoms with E-state index >= 15 is 0 Å². The maximum atomic E-state index is 12.7. The van der Waals surface area contributed by atoms with Crippen LogP contribution in [0.4, 0.5) is 0 Å². The van der Waals surface area contributed by atoms with Crippen LogP contribution in [0.2, 0.25) is 0 Å². The van der Waals surface area contributed by atoms with Gasteiger partial charge in [0.1, 0.15) is 0 Å². The Morgan fingerprint density at radius 1 is 1.17 bits per heavy atom. The normalized spacial score (nSPS) is 12.0. The molecule has 2 aromatic rings. The molecule has 1 aromatic carbocycles. The Morgan fingerprint density at radius 3 is 2.52 bits per heavy atom. The van der Waals surface area contributed by atoms with Gasteiger partial charge in [0, 0.05) is 31.4 Å². The van der Waals surface area contributed by atoms with Gasteiger partial charge in [0.05, 0.1) is 0 Å². The Bertz CT molecular complexity index is 625. The second-order valence-electron chi connectivity index (χ2n) is 6.06. The van der Waals surface area contributed by atoms with E-state index in [9.17, 15) is 4.79 Å². The highest BCUT2D eigenvalue weighted by Gasteiger charge is 2.19. The van der Waals surface area contributed by atoms with Crippen molar-refractivity contribution < 1.29 is 4.79 Å². The van der Waals surface area contributed by atoms with E-state index in [2.05, 4.69) is 37.9 Å². The van der Waals surface area contributed by atoms with Gasteiger partial charge in [0.25, 0.3) is 0 Å². The average molecular weight is 310 g/mol. The third-order valence-corrected chi connectivity index (χ3v) is 4.41. The Hall–Kier alpha value is -2.16. The SMILES string of the molecule is CC[C@H](C)N(Cc1ccncc1)C(=O)CCc1ccccc1C. The van der Waals surface area contributed by atoms with Gasteiger partial charge in [0.15, 0.2) is 0 Å². The van der Waals surface area contributed by atoms with Crippen LogP contribution in [0.5, 0.6) is 0 Å². The van der Waals surface area contributed by atoms with Gasteiger partial charge in [-0.25, -0.2) is 0 Å². The van der Waals surface area contributed by atoms with E-state index in [0.29, 0.717) is 13.0 Å². The van der Waals surface area contributed by atoms with Gasteiger partial charge in [-0.1, -0.05) is 31.2 Å². The summed E-state index contributed by atoms with van der Waals surface area (Å²) in [5.41, 5.74) is 3.64. The maximum Gasteiger partial charge on any atom is 0.223 e. The zero-order chi connectivity index (χ0) is 16.7. The number of rotatable bonds is 7. The number of carbonyl (C=O) groups excluding carboxylic acids is 1. The second-order valence-corrected chi connectivity index (χ2v) is 6.06. The molecule has 2 rings (SSSR count). The Kier molecular flexibility index (Phi) is 6.33. The van der Waals surface area contributed by atoms with Crippen LogP contribution >= 0.6 is 0 Å². The van der Waals surface area contributed by atoms with Crippen LogP contribution in [0.1, 0.15) is 43.4 Å². The molecule has 0 unspecified atom stereocenters. The standard InChI is InChI=1S/C20H26N2O/c1-4-17(3)22(15-18-11-13-21-14-12-18)20(23)10-9-19-8-6-5-7-16(19)2/h5-8,11-14,17H,4,9-10,15H2,1-3H3/t17-/m0/s1. The lowest BCUT2D eigenvalue weighted by Crippen LogP contribution is -2.37. The molecule has 1 aromatic heterocycles. The molecule has 0 aliphatic heterocycles. The van der Waals surface area contributed by atoms with Crippen LogP contribution in [0.15, 0.2) is 48.8 Å². The van der Waals surface area contributed by atoms with Crippen molar-refractivity contribution in [2.75, 3.05) is 0 Å². The monoisotopic (exact) mass is 310 g/mol. The molecule has 0 saturated heterocycles. The fourth-order valence-electron chi connectivity index (χ4n) is 2.67. The third-order valence-electron chi connectivity index (χ3n) is 4.41. The highest BCUT2D eigenvalue weighted by atomic mass is 16.2. The molecular weight excluding hydrogens is 284 g/mol. The van der Waals surface area contributed by atoms with Gasteiger partial charge in [-0.15, -0.1) is 0 Å².